The van der Waals surface area contributed by atoms with E-state index in [1.165, 1.54) is 19.2 Å². The summed E-state index contributed by atoms with van der Waals surface area (Å²) in [5.74, 6) is -2.61. The minimum atomic E-state index is -3.53. The van der Waals surface area contributed by atoms with Crippen LogP contribution in [-0.2, 0) is 19.6 Å². The molecule has 25 heavy (non-hydrogen) atoms. The summed E-state index contributed by atoms with van der Waals surface area (Å²) >= 11 is 0. The lowest BCUT2D eigenvalue weighted by Gasteiger charge is -2.24. The van der Waals surface area contributed by atoms with E-state index >= 15 is 0 Å². The third-order valence-corrected chi connectivity index (χ3v) is 4.44. The molecule has 0 unspecified atom stereocenters. The highest BCUT2D eigenvalue weighted by Gasteiger charge is 2.34. The summed E-state index contributed by atoms with van der Waals surface area (Å²) in [4.78, 5) is 23.8. The Kier molecular flexibility index (Phi) is 5.68. The number of methoxy groups -OCH3 is 1. The molecule has 3 N–H and O–H groups in total. The Hall–Kier alpha value is -2.55. The lowest BCUT2D eigenvalue weighted by atomic mass is 9.82. The van der Waals surface area contributed by atoms with Gasteiger partial charge in [-0.2, -0.15) is 0 Å². The summed E-state index contributed by atoms with van der Waals surface area (Å²) in [5, 5.41) is 11.9. The van der Waals surface area contributed by atoms with E-state index in [4.69, 9.17) is 4.74 Å². The van der Waals surface area contributed by atoms with Crippen LogP contribution in [0.15, 0.2) is 30.4 Å². The number of carboxylic acids is 1. The maximum absolute atomic E-state index is 12.5. The maximum Gasteiger partial charge on any atom is 0.307 e. The lowest BCUT2D eigenvalue weighted by molar-refractivity contribution is -0.146. The van der Waals surface area contributed by atoms with E-state index in [1.807, 2.05) is 0 Å². The molecule has 0 bridgehead atoms. The second-order valence-corrected chi connectivity index (χ2v) is 7.52. The van der Waals surface area contributed by atoms with Crippen molar-refractivity contribution in [2.24, 2.45) is 11.8 Å². The smallest absolute Gasteiger partial charge is 0.307 e. The van der Waals surface area contributed by atoms with Gasteiger partial charge in [-0.25, -0.2) is 8.42 Å². The molecule has 8 nitrogen and oxygen atoms in total. The van der Waals surface area contributed by atoms with Crippen LogP contribution in [0.25, 0.3) is 0 Å². The molecule has 0 spiro atoms. The van der Waals surface area contributed by atoms with Gasteiger partial charge < -0.3 is 15.2 Å². The third kappa shape index (κ3) is 4.96. The number of carboxylic acid groups (broad SMARTS) is 1. The van der Waals surface area contributed by atoms with Crippen LogP contribution in [0.1, 0.15) is 12.8 Å². The van der Waals surface area contributed by atoms with Gasteiger partial charge in [0.2, 0.25) is 15.9 Å². The molecular formula is C16H20N2O6S. The number of allylic oxidation sites excluding steroid dienone is 2. The number of hydrogen-bond acceptors (Lipinski definition) is 5. The predicted molar refractivity (Wildman–Crippen MR) is 93.1 cm³/mol. The molecule has 0 aliphatic heterocycles. The van der Waals surface area contributed by atoms with Gasteiger partial charge in [0.25, 0.3) is 0 Å². The lowest BCUT2D eigenvalue weighted by Crippen LogP contribution is -2.34. The fraction of sp³-hybridized carbons (Fsp3) is 0.375. The number of amides is 1. The summed E-state index contributed by atoms with van der Waals surface area (Å²) in [7, 11) is -2.13. The molecule has 0 heterocycles. The van der Waals surface area contributed by atoms with Crippen molar-refractivity contribution >= 4 is 33.3 Å². The molecule has 9 heteroatoms. The number of carbonyl (C=O) groups excluding carboxylic acids is 1. The molecule has 0 saturated carbocycles. The molecule has 1 aromatic rings. The molecule has 0 radical (unpaired) electrons. The first-order valence-corrected chi connectivity index (χ1v) is 9.45. The van der Waals surface area contributed by atoms with Crippen LogP contribution in [0.5, 0.6) is 5.75 Å². The van der Waals surface area contributed by atoms with Crippen molar-refractivity contribution in [3.63, 3.8) is 0 Å². The summed E-state index contributed by atoms with van der Waals surface area (Å²) < 4.78 is 30.3. The number of ether oxygens (including phenoxy) is 1. The van der Waals surface area contributed by atoms with Gasteiger partial charge in [0.1, 0.15) is 5.75 Å². The Bertz CT molecular complexity index is 803. The van der Waals surface area contributed by atoms with Crippen molar-refractivity contribution in [2.45, 2.75) is 12.8 Å². The minimum absolute atomic E-state index is 0.182. The largest absolute Gasteiger partial charge is 0.495 e. The molecule has 1 amide bonds. The number of benzene rings is 1. The van der Waals surface area contributed by atoms with Gasteiger partial charge in [-0.3, -0.25) is 14.3 Å². The van der Waals surface area contributed by atoms with Crippen LogP contribution in [0, 0.1) is 11.8 Å². The number of aliphatic carboxylic acids is 1. The fourth-order valence-corrected chi connectivity index (χ4v) is 3.24. The summed E-state index contributed by atoms with van der Waals surface area (Å²) in [6.45, 7) is 0. The molecule has 1 aromatic carbocycles. The highest BCUT2D eigenvalue weighted by molar-refractivity contribution is 7.92. The Balaban J connectivity index is 2.21. The second kappa shape index (κ2) is 7.56. The van der Waals surface area contributed by atoms with Crippen molar-refractivity contribution in [3.05, 3.63) is 30.4 Å². The number of sulfonamides is 1. The zero-order chi connectivity index (χ0) is 18.6. The first kappa shape index (κ1) is 18.8. The highest BCUT2D eigenvalue weighted by atomic mass is 32.2. The first-order valence-electron chi connectivity index (χ1n) is 7.55. The molecule has 0 aromatic heterocycles. The fourth-order valence-electron chi connectivity index (χ4n) is 2.68. The number of anilines is 2. The number of rotatable bonds is 6. The molecule has 136 valence electrons. The van der Waals surface area contributed by atoms with Gasteiger partial charge in [-0.05, 0) is 31.0 Å². The summed E-state index contributed by atoms with van der Waals surface area (Å²) in [5.41, 5.74) is 0.525. The van der Waals surface area contributed by atoms with E-state index in [0.29, 0.717) is 24.3 Å². The Morgan fingerprint density at radius 3 is 2.40 bits per heavy atom. The molecule has 2 atom stereocenters. The Labute approximate surface area is 145 Å². The average molecular weight is 368 g/mol. The molecular weight excluding hydrogens is 348 g/mol. The van der Waals surface area contributed by atoms with Crippen LogP contribution in [-0.4, -0.2) is 38.8 Å². The van der Waals surface area contributed by atoms with Crippen molar-refractivity contribution in [3.8, 4) is 5.75 Å². The quantitative estimate of drug-likeness (QED) is 0.657. The van der Waals surface area contributed by atoms with Crippen molar-refractivity contribution in [2.75, 3.05) is 23.4 Å². The van der Waals surface area contributed by atoms with Crippen LogP contribution in [0.4, 0.5) is 11.4 Å². The van der Waals surface area contributed by atoms with Crippen LogP contribution in [0.2, 0.25) is 0 Å². The van der Waals surface area contributed by atoms with E-state index in [0.717, 1.165) is 6.26 Å². The van der Waals surface area contributed by atoms with Gasteiger partial charge in [0.05, 0.1) is 30.9 Å². The first-order chi connectivity index (χ1) is 11.7. The van der Waals surface area contributed by atoms with E-state index in [1.54, 1.807) is 18.2 Å². The molecule has 1 aliphatic rings. The van der Waals surface area contributed by atoms with Gasteiger partial charge >= 0.3 is 5.97 Å². The Morgan fingerprint density at radius 2 is 1.84 bits per heavy atom. The maximum atomic E-state index is 12.5. The van der Waals surface area contributed by atoms with Gasteiger partial charge in [0, 0.05) is 5.69 Å². The second-order valence-electron chi connectivity index (χ2n) is 5.77. The van der Waals surface area contributed by atoms with E-state index in [-0.39, 0.29) is 5.69 Å². The zero-order valence-electron chi connectivity index (χ0n) is 13.9. The van der Waals surface area contributed by atoms with Gasteiger partial charge in [0.15, 0.2) is 0 Å². The van der Waals surface area contributed by atoms with E-state index in [2.05, 4.69) is 10.0 Å². The zero-order valence-corrected chi connectivity index (χ0v) is 14.7. The van der Waals surface area contributed by atoms with Gasteiger partial charge in [-0.15, -0.1) is 0 Å². The molecule has 0 saturated heterocycles. The number of nitrogens with one attached hydrogen (secondary N) is 2. The van der Waals surface area contributed by atoms with Crippen molar-refractivity contribution in [1.29, 1.82) is 0 Å². The monoisotopic (exact) mass is 368 g/mol. The van der Waals surface area contributed by atoms with E-state index in [9.17, 15) is 23.1 Å². The van der Waals surface area contributed by atoms with Crippen LogP contribution < -0.4 is 14.8 Å². The van der Waals surface area contributed by atoms with Crippen LogP contribution in [0.3, 0.4) is 0 Å². The highest BCUT2D eigenvalue weighted by Crippen LogP contribution is 2.31. The summed E-state index contributed by atoms with van der Waals surface area (Å²) in [6, 6.07) is 4.49. The standard InChI is InChI=1S/C16H20N2O6S/c1-24-14-8-7-10(9-13(14)18-25(2,22)23)17-15(19)11-5-3-4-6-12(11)16(20)21/h3-4,7-9,11-12,18H,5-6H2,1-2H3,(H,17,19)(H,20,21)/t11-,12+/m1/s1. The molecule has 2 rings (SSSR count). The molecule has 0 fully saturated rings. The van der Waals surface area contributed by atoms with Crippen molar-refractivity contribution < 1.29 is 27.9 Å². The Morgan fingerprint density at radius 1 is 1.20 bits per heavy atom. The normalized spacial score (nSPS) is 19.9. The van der Waals surface area contributed by atoms with Crippen molar-refractivity contribution in [1.82, 2.24) is 0 Å². The molecule has 1 aliphatic carbocycles. The summed E-state index contributed by atoms with van der Waals surface area (Å²) in [6.07, 6.45) is 5.19. The van der Waals surface area contributed by atoms with E-state index < -0.39 is 33.7 Å². The topological polar surface area (TPSA) is 122 Å². The minimum Gasteiger partial charge on any atom is -0.495 e. The number of hydrogen-bond donors (Lipinski definition) is 3. The predicted octanol–water partition coefficient (Wildman–Crippen LogP) is 1.67. The number of carbonyl (C=O) groups is 2. The van der Waals surface area contributed by atoms with Gasteiger partial charge in [-0.1, -0.05) is 12.2 Å². The average Bonchev–Trinajstić information content (AvgIpc) is 2.53. The SMILES string of the molecule is COc1ccc(NC(=O)[C@@H]2CC=CC[C@@H]2C(=O)O)cc1NS(C)(=O)=O. The van der Waals surface area contributed by atoms with Crippen LogP contribution >= 0.6 is 0 Å². The third-order valence-electron chi connectivity index (χ3n) is 3.85.